The standard InChI is InChI=1S/C14H16NO4/c1-10-13(19-14(18-10)8-4-5-9-14)11-6-2-3-7-12(11)15(16)17/h2-3,6-7,10,13H,1,4-5,8-9H2/t10-,13+/m0/s1. The van der Waals surface area contributed by atoms with Gasteiger partial charge < -0.3 is 9.47 Å². The Kier molecular flexibility index (Phi) is 3.03. The van der Waals surface area contributed by atoms with Crippen LogP contribution in [0.5, 0.6) is 0 Å². The van der Waals surface area contributed by atoms with Gasteiger partial charge >= 0.3 is 0 Å². The monoisotopic (exact) mass is 262 g/mol. The van der Waals surface area contributed by atoms with E-state index in [2.05, 4.69) is 6.92 Å². The number of hydrogen-bond donors (Lipinski definition) is 0. The molecule has 0 unspecified atom stereocenters. The van der Waals surface area contributed by atoms with Gasteiger partial charge in [-0.05, 0) is 25.8 Å². The maximum atomic E-state index is 11.1. The third kappa shape index (κ3) is 2.13. The van der Waals surface area contributed by atoms with Gasteiger partial charge in [0.25, 0.3) is 5.69 Å². The zero-order valence-corrected chi connectivity index (χ0v) is 10.6. The van der Waals surface area contributed by atoms with Crippen molar-refractivity contribution < 1.29 is 14.4 Å². The second-order valence-electron chi connectivity index (χ2n) is 5.13. The van der Waals surface area contributed by atoms with Gasteiger partial charge in [0, 0.05) is 18.9 Å². The van der Waals surface area contributed by atoms with Crippen molar-refractivity contribution >= 4 is 5.69 Å². The second-order valence-corrected chi connectivity index (χ2v) is 5.13. The first-order valence-electron chi connectivity index (χ1n) is 6.53. The van der Waals surface area contributed by atoms with E-state index in [1.54, 1.807) is 18.2 Å². The maximum absolute atomic E-state index is 11.1. The molecule has 101 valence electrons. The summed E-state index contributed by atoms with van der Waals surface area (Å²) in [6.07, 6.45) is 2.96. The molecule has 1 saturated heterocycles. The molecule has 1 radical (unpaired) electrons. The highest BCUT2D eigenvalue weighted by Crippen LogP contribution is 2.48. The Morgan fingerprint density at radius 2 is 1.95 bits per heavy atom. The van der Waals surface area contributed by atoms with Crippen molar-refractivity contribution in [3.8, 4) is 0 Å². The lowest BCUT2D eigenvalue weighted by Crippen LogP contribution is -2.26. The second kappa shape index (κ2) is 4.58. The van der Waals surface area contributed by atoms with Crippen LogP contribution >= 0.6 is 0 Å². The van der Waals surface area contributed by atoms with Gasteiger partial charge in [0.2, 0.25) is 0 Å². The maximum Gasteiger partial charge on any atom is 0.275 e. The van der Waals surface area contributed by atoms with Crippen LogP contribution in [0.1, 0.15) is 37.4 Å². The van der Waals surface area contributed by atoms with Crippen LogP contribution in [0.25, 0.3) is 0 Å². The summed E-state index contributed by atoms with van der Waals surface area (Å²) < 4.78 is 11.9. The molecule has 1 aromatic carbocycles. The summed E-state index contributed by atoms with van der Waals surface area (Å²) in [5.74, 6) is -0.569. The molecule has 1 heterocycles. The SMILES string of the molecule is [CH2][C@@H]1OC2(CCCC2)O[C@H]1c1ccccc1[N+](=O)[O-]. The third-order valence-corrected chi connectivity index (χ3v) is 3.85. The molecule has 5 heteroatoms. The minimum absolute atomic E-state index is 0.0693. The highest BCUT2D eigenvalue weighted by molar-refractivity contribution is 5.42. The Morgan fingerprint density at radius 3 is 2.63 bits per heavy atom. The summed E-state index contributed by atoms with van der Waals surface area (Å²) in [6, 6.07) is 6.64. The van der Waals surface area contributed by atoms with E-state index in [1.165, 1.54) is 6.07 Å². The summed E-state index contributed by atoms with van der Waals surface area (Å²) in [6.45, 7) is 3.94. The van der Waals surface area contributed by atoms with Crippen LogP contribution < -0.4 is 0 Å². The van der Waals surface area contributed by atoms with Crippen molar-refractivity contribution in [1.82, 2.24) is 0 Å². The van der Waals surface area contributed by atoms with Gasteiger partial charge in [0.15, 0.2) is 5.79 Å². The molecular formula is C14H16NO4. The molecule has 0 amide bonds. The highest BCUT2D eigenvalue weighted by Gasteiger charge is 2.49. The summed E-state index contributed by atoms with van der Waals surface area (Å²) in [5, 5.41) is 11.1. The molecule has 2 atom stereocenters. The van der Waals surface area contributed by atoms with E-state index in [0.717, 1.165) is 25.7 Å². The Labute approximate surface area is 111 Å². The average molecular weight is 262 g/mol. The first-order valence-corrected chi connectivity index (χ1v) is 6.53. The minimum Gasteiger partial charge on any atom is -0.344 e. The molecule has 0 bridgehead atoms. The van der Waals surface area contributed by atoms with E-state index >= 15 is 0 Å². The number of nitro groups is 1. The van der Waals surface area contributed by atoms with Crippen LogP contribution in [-0.2, 0) is 9.47 Å². The van der Waals surface area contributed by atoms with Gasteiger partial charge in [0.1, 0.15) is 6.10 Å². The number of ether oxygens (including phenoxy) is 2. The fourth-order valence-corrected chi connectivity index (χ4v) is 2.98. The number of nitrogens with zero attached hydrogens (tertiary/aromatic N) is 1. The van der Waals surface area contributed by atoms with Gasteiger partial charge in [-0.15, -0.1) is 0 Å². The molecule has 1 saturated carbocycles. The fraction of sp³-hybridized carbons (Fsp3) is 0.500. The van der Waals surface area contributed by atoms with Crippen LogP contribution in [0.2, 0.25) is 0 Å². The van der Waals surface area contributed by atoms with Crippen LogP contribution in [0.3, 0.4) is 0 Å². The normalized spacial score (nSPS) is 28.9. The van der Waals surface area contributed by atoms with Gasteiger partial charge in [0.05, 0.1) is 16.6 Å². The van der Waals surface area contributed by atoms with Crippen molar-refractivity contribution in [3.63, 3.8) is 0 Å². The van der Waals surface area contributed by atoms with E-state index < -0.39 is 18.0 Å². The van der Waals surface area contributed by atoms with Crippen molar-refractivity contribution in [3.05, 3.63) is 46.9 Å². The first kappa shape index (κ1) is 12.6. The lowest BCUT2D eigenvalue weighted by molar-refractivity contribution is -0.386. The zero-order chi connectivity index (χ0) is 13.5. The zero-order valence-electron chi connectivity index (χ0n) is 10.6. The molecule has 2 fully saturated rings. The molecule has 5 nitrogen and oxygen atoms in total. The number of rotatable bonds is 2. The predicted molar refractivity (Wildman–Crippen MR) is 68.4 cm³/mol. The Morgan fingerprint density at radius 1 is 1.26 bits per heavy atom. The van der Waals surface area contributed by atoms with E-state index in [4.69, 9.17) is 9.47 Å². The molecule has 1 spiro atoms. The summed E-state index contributed by atoms with van der Waals surface area (Å²) in [5.41, 5.74) is 0.621. The Bertz CT molecular complexity index is 496. The molecule has 0 N–H and O–H groups in total. The van der Waals surface area contributed by atoms with Crippen molar-refractivity contribution in [2.24, 2.45) is 0 Å². The Hall–Kier alpha value is -1.46. The number of benzene rings is 1. The highest BCUT2D eigenvalue weighted by atomic mass is 16.8. The van der Waals surface area contributed by atoms with E-state index in [0.29, 0.717) is 5.56 Å². The lowest BCUT2D eigenvalue weighted by atomic mass is 10.0. The van der Waals surface area contributed by atoms with E-state index in [1.807, 2.05) is 0 Å². The largest absolute Gasteiger partial charge is 0.344 e. The van der Waals surface area contributed by atoms with Crippen molar-refractivity contribution in [1.29, 1.82) is 0 Å². The van der Waals surface area contributed by atoms with Gasteiger partial charge in [-0.1, -0.05) is 12.1 Å². The topological polar surface area (TPSA) is 61.6 Å². The number of para-hydroxylation sites is 1. The molecule has 19 heavy (non-hydrogen) atoms. The van der Waals surface area contributed by atoms with Crippen molar-refractivity contribution in [2.45, 2.75) is 43.7 Å². The minimum atomic E-state index is -0.569. The smallest absolute Gasteiger partial charge is 0.275 e. The molecule has 1 aliphatic carbocycles. The summed E-state index contributed by atoms with van der Waals surface area (Å²) >= 11 is 0. The van der Waals surface area contributed by atoms with E-state index in [-0.39, 0.29) is 10.6 Å². The number of hydrogen-bond acceptors (Lipinski definition) is 4. The van der Waals surface area contributed by atoms with Crippen LogP contribution in [0.4, 0.5) is 5.69 Å². The summed E-state index contributed by atoms with van der Waals surface area (Å²) in [7, 11) is 0. The van der Waals surface area contributed by atoms with Crippen LogP contribution in [-0.4, -0.2) is 16.8 Å². The van der Waals surface area contributed by atoms with Crippen LogP contribution in [0.15, 0.2) is 24.3 Å². The van der Waals surface area contributed by atoms with Gasteiger partial charge in [-0.3, -0.25) is 10.1 Å². The quantitative estimate of drug-likeness (QED) is 0.606. The van der Waals surface area contributed by atoms with Gasteiger partial charge in [-0.2, -0.15) is 0 Å². The average Bonchev–Trinajstić information content (AvgIpc) is 2.97. The fourth-order valence-electron chi connectivity index (χ4n) is 2.98. The molecule has 0 aromatic heterocycles. The summed E-state index contributed by atoms with van der Waals surface area (Å²) in [4.78, 5) is 10.7. The lowest BCUT2D eigenvalue weighted by Gasteiger charge is -2.21. The van der Waals surface area contributed by atoms with Crippen LogP contribution in [0, 0.1) is 17.0 Å². The Balaban J connectivity index is 1.92. The van der Waals surface area contributed by atoms with Crippen molar-refractivity contribution in [2.75, 3.05) is 0 Å². The molecule has 1 aromatic rings. The van der Waals surface area contributed by atoms with E-state index in [9.17, 15) is 10.1 Å². The first-order chi connectivity index (χ1) is 9.11. The predicted octanol–water partition coefficient (Wildman–Crippen LogP) is 3.16. The third-order valence-electron chi connectivity index (χ3n) is 3.85. The molecule has 1 aliphatic heterocycles. The molecule has 2 aliphatic rings. The van der Waals surface area contributed by atoms with Gasteiger partial charge in [-0.25, -0.2) is 0 Å². The number of nitro benzene ring substituents is 1. The molecule has 3 rings (SSSR count). The molecular weight excluding hydrogens is 246 g/mol.